The first-order valence-corrected chi connectivity index (χ1v) is 7.42. The van der Waals surface area contributed by atoms with Gasteiger partial charge in [0.25, 0.3) is 0 Å². The Morgan fingerprint density at radius 3 is 2.30 bits per heavy atom. The van der Waals surface area contributed by atoms with Crippen LogP contribution in [0.2, 0.25) is 0 Å². The Labute approximate surface area is 122 Å². The Hall–Kier alpha value is -1.35. The second-order valence-corrected chi connectivity index (χ2v) is 5.96. The molecular weight excluding hydrogens is 250 g/mol. The molecule has 1 aromatic rings. The van der Waals surface area contributed by atoms with Gasteiger partial charge in [0.1, 0.15) is 0 Å². The lowest BCUT2D eigenvalue weighted by Crippen LogP contribution is -2.44. The van der Waals surface area contributed by atoms with E-state index in [-0.39, 0.29) is 11.8 Å². The second-order valence-electron chi connectivity index (χ2n) is 5.96. The van der Waals surface area contributed by atoms with Crippen LogP contribution in [0.5, 0.6) is 0 Å². The number of rotatable bonds is 7. The number of carbonyl (C=O) groups excluding carboxylic acids is 1. The average Bonchev–Trinajstić information content (AvgIpc) is 2.43. The van der Waals surface area contributed by atoms with E-state index in [0.29, 0.717) is 13.0 Å². The van der Waals surface area contributed by atoms with Crippen molar-refractivity contribution in [1.82, 2.24) is 5.32 Å². The zero-order valence-corrected chi connectivity index (χ0v) is 13.1. The van der Waals surface area contributed by atoms with Gasteiger partial charge in [-0.2, -0.15) is 0 Å². The number of amides is 1. The van der Waals surface area contributed by atoms with Crippen molar-refractivity contribution >= 4 is 5.91 Å². The van der Waals surface area contributed by atoms with E-state index in [1.54, 1.807) is 6.92 Å². The number of aliphatic hydroxyl groups is 1. The highest BCUT2D eigenvalue weighted by atomic mass is 16.3. The molecule has 1 unspecified atom stereocenters. The summed E-state index contributed by atoms with van der Waals surface area (Å²) in [5.41, 5.74) is 1.64. The van der Waals surface area contributed by atoms with E-state index >= 15 is 0 Å². The molecule has 0 aliphatic heterocycles. The van der Waals surface area contributed by atoms with Gasteiger partial charge >= 0.3 is 0 Å². The third-order valence-electron chi connectivity index (χ3n) is 3.96. The number of aryl methyl sites for hydroxylation is 2. The predicted molar refractivity (Wildman–Crippen MR) is 82.6 cm³/mol. The molecule has 1 rings (SSSR count). The molecule has 0 radical (unpaired) electrons. The maximum Gasteiger partial charge on any atom is 0.220 e. The highest BCUT2D eigenvalue weighted by Gasteiger charge is 2.25. The molecule has 3 heteroatoms. The Balaban J connectivity index is 2.36. The SMILES string of the molecule is CCc1ccc(CCC(=O)NCC(C)(O)C(C)C)cc1. The van der Waals surface area contributed by atoms with Crippen molar-refractivity contribution in [2.75, 3.05) is 6.54 Å². The first-order valence-electron chi connectivity index (χ1n) is 7.42. The monoisotopic (exact) mass is 277 g/mol. The lowest BCUT2D eigenvalue weighted by atomic mass is 9.92. The summed E-state index contributed by atoms with van der Waals surface area (Å²) >= 11 is 0. The summed E-state index contributed by atoms with van der Waals surface area (Å²) in [4.78, 5) is 11.8. The standard InChI is InChI=1S/C17H27NO2/c1-5-14-6-8-15(9-7-14)10-11-16(19)18-12-17(4,20)13(2)3/h6-9,13,20H,5,10-12H2,1-4H3,(H,18,19). The van der Waals surface area contributed by atoms with Crippen LogP contribution in [0.15, 0.2) is 24.3 Å². The Kier molecular flexibility index (Phi) is 6.21. The quantitative estimate of drug-likeness (QED) is 0.805. The lowest BCUT2D eigenvalue weighted by molar-refractivity contribution is -0.122. The van der Waals surface area contributed by atoms with Crippen LogP contribution in [0.25, 0.3) is 0 Å². The van der Waals surface area contributed by atoms with Crippen LogP contribution in [0.3, 0.4) is 0 Å². The number of nitrogens with one attached hydrogen (secondary N) is 1. The van der Waals surface area contributed by atoms with E-state index in [2.05, 4.69) is 36.5 Å². The van der Waals surface area contributed by atoms with E-state index in [9.17, 15) is 9.90 Å². The molecule has 112 valence electrons. The number of hydrogen-bond donors (Lipinski definition) is 2. The van der Waals surface area contributed by atoms with E-state index in [1.807, 2.05) is 13.8 Å². The van der Waals surface area contributed by atoms with Gasteiger partial charge < -0.3 is 10.4 Å². The van der Waals surface area contributed by atoms with Crippen LogP contribution in [0.1, 0.15) is 45.2 Å². The molecule has 1 aromatic carbocycles. The first-order chi connectivity index (χ1) is 9.35. The van der Waals surface area contributed by atoms with Crippen molar-refractivity contribution in [1.29, 1.82) is 0 Å². The summed E-state index contributed by atoms with van der Waals surface area (Å²) < 4.78 is 0. The normalized spacial score (nSPS) is 14.1. The molecule has 0 spiro atoms. The van der Waals surface area contributed by atoms with Gasteiger partial charge in [-0.1, -0.05) is 45.0 Å². The van der Waals surface area contributed by atoms with Gasteiger partial charge in [0.15, 0.2) is 0 Å². The van der Waals surface area contributed by atoms with Crippen molar-refractivity contribution < 1.29 is 9.90 Å². The fourth-order valence-corrected chi connectivity index (χ4v) is 1.77. The first kappa shape index (κ1) is 16.7. The Bertz CT molecular complexity index is 421. The van der Waals surface area contributed by atoms with Gasteiger partial charge in [0, 0.05) is 13.0 Å². The minimum atomic E-state index is -0.849. The minimum Gasteiger partial charge on any atom is -0.388 e. The highest BCUT2D eigenvalue weighted by Crippen LogP contribution is 2.14. The molecule has 0 aliphatic rings. The molecule has 0 aromatic heterocycles. The Morgan fingerprint density at radius 1 is 1.25 bits per heavy atom. The van der Waals surface area contributed by atoms with Crippen LogP contribution in [-0.4, -0.2) is 23.2 Å². The van der Waals surface area contributed by atoms with Crippen LogP contribution in [0.4, 0.5) is 0 Å². The summed E-state index contributed by atoms with van der Waals surface area (Å²) in [6.07, 6.45) is 2.23. The molecule has 20 heavy (non-hydrogen) atoms. The molecule has 3 nitrogen and oxygen atoms in total. The van der Waals surface area contributed by atoms with E-state index in [0.717, 1.165) is 12.8 Å². The van der Waals surface area contributed by atoms with Gasteiger partial charge in [-0.15, -0.1) is 0 Å². The topological polar surface area (TPSA) is 49.3 Å². The van der Waals surface area contributed by atoms with Crippen molar-refractivity contribution in [2.24, 2.45) is 5.92 Å². The molecule has 0 bridgehead atoms. The van der Waals surface area contributed by atoms with Gasteiger partial charge in [0.2, 0.25) is 5.91 Å². The molecule has 1 amide bonds. The summed E-state index contributed by atoms with van der Waals surface area (Å²) in [7, 11) is 0. The van der Waals surface area contributed by atoms with Gasteiger partial charge in [-0.3, -0.25) is 4.79 Å². The predicted octanol–water partition coefficient (Wildman–Crippen LogP) is 2.70. The summed E-state index contributed by atoms with van der Waals surface area (Å²) in [5, 5.41) is 12.9. The number of hydrogen-bond acceptors (Lipinski definition) is 2. The summed E-state index contributed by atoms with van der Waals surface area (Å²) in [6, 6.07) is 8.38. The maximum atomic E-state index is 11.8. The number of benzene rings is 1. The molecular formula is C17H27NO2. The summed E-state index contributed by atoms with van der Waals surface area (Å²) in [5.74, 6) is 0.106. The van der Waals surface area contributed by atoms with Crippen LogP contribution >= 0.6 is 0 Å². The zero-order valence-electron chi connectivity index (χ0n) is 13.1. The molecule has 2 N–H and O–H groups in total. The fraction of sp³-hybridized carbons (Fsp3) is 0.588. The lowest BCUT2D eigenvalue weighted by Gasteiger charge is -2.27. The maximum absolute atomic E-state index is 11.8. The van der Waals surface area contributed by atoms with Crippen LogP contribution in [0, 0.1) is 5.92 Å². The highest BCUT2D eigenvalue weighted by molar-refractivity contribution is 5.76. The van der Waals surface area contributed by atoms with Gasteiger partial charge in [-0.05, 0) is 36.8 Å². The minimum absolute atomic E-state index is 0.00880. The summed E-state index contributed by atoms with van der Waals surface area (Å²) in [6.45, 7) is 8.08. The van der Waals surface area contributed by atoms with Gasteiger partial charge in [-0.25, -0.2) is 0 Å². The van der Waals surface area contributed by atoms with Crippen molar-refractivity contribution in [3.63, 3.8) is 0 Å². The zero-order chi connectivity index (χ0) is 15.2. The molecule has 0 aliphatic carbocycles. The molecule has 1 atom stereocenters. The van der Waals surface area contributed by atoms with E-state index in [4.69, 9.17) is 0 Å². The van der Waals surface area contributed by atoms with E-state index < -0.39 is 5.60 Å². The van der Waals surface area contributed by atoms with Crippen molar-refractivity contribution in [3.05, 3.63) is 35.4 Å². The number of carbonyl (C=O) groups is 1. The van der Waals surface area contributed by atoms with Crippen LogP contribution < -0.4 is 5.32 Å². The molecule has 0 saturated carbocycles. The van der Waals surface area contributed by atoms with E-state index in [1.165, 1.54) is 11.1 Å². The Morgan fingerprint density at radius 2 is 1.80 bits per heavy atom. The third-order valence-corrected chi connectivity index (χ3v) is 3.96. The second kappa shape index (κ2) is 7.44. The molecule has 0 saturated heterocycles. The third kappa shape index (κ3) is 5.33. The van der Waals surface area contributed by atoms with Crippen molar-refractivity contribution in [3.8, 4) is 0 Å². The largest absolute Gasteiger partial charge is 0.388 e. The van der Waals surface area contributed by atoms with Gasteiger partial charge in [0.05, 0.1) is 5.60 Å². The average molecular weight is 277 g/mol. The van der Waals surface area contributed by atoms with Crippen molar-refractivity contribution in [2.45, 2.75) is 52.6 Å². The van der Waals surface area contributed by atoms with Crippen LogP contribution in [-0.2, 0) is 17.6 Å². The fourth-order valence-electron chi connectivity index (χ4n) is 1.77. The smallest absolute Gasteiger partial charge is 0.220 e. The molecule has 0 fully saturated rings. The molecule has 0 heterocycles.